The normalized spacial score (nSPS) is 29.0. The molecule has 0 aliphatic heterocycles. The van der Waals surface area contributed by atoms with E-state index in [2.05, 4.69) is 18.2 Å². The Morgan fingerprint density at radius 3 is 2.40 bits per heavy atom. The molecule has 0 N–H and O–H groups in total. The highest BCUT2D eigenvalue weighted by atomic mass is 16.6. The fraction of sp³-hybridized carbons (Fsp3) is 0.370. The second-order valence-electron chi connectivity index (χ2n) is 9.04. The van der Waals surface area contributed by atoms with Crippen LogP contribution in [0.2, 0.25) is 0 Å². The molecule has 3 aliphatic carbocycles. The predicted molar refractivity (Wildman–Crippen MR) is 118 cm³/mol. The Hall–Kier alpha value is -2.65. The van der Waals surface area contributed by atoms with Crippen LogP contribution in [0.5, 0.6) is 0 Å². The molecule has 3 aromatic rings. The molecule has 30 heavy (non-hydrogen) atoms. The SMILES string of the molecule is O=C(OCCOC1CC2CC1C1CC=CC21)c1c2ccccc2cc2ccccc12. The summed E-state index contributed by atoms with van der Waals surface area (Å²) >= 11 is 0. The molecule has 6 rings (SSSR count). The molecule has 152 valence electrons. The van der Waals surface area contributed by atoms with E-state index < -0.39 is 0 Å². The van der Waals surface area contributed by atoms with E-state index in [1.54, 1.807) is 0 Å². The van der Waals surface area contributed by atoms with E-state index in [0.717, 1.165) is 45.7 Å². The molecular weight excluding hydrogens is 372 g/mol. The topological polar surface area (TPSA) is 35.5 Å². The number of ether oxygens (including phenoxy) is 2. The first kappa shape index (κ1) is 18.1. The van der Waals surface area contributed by atoms with Crippen LogP contribution in [-0.4, -0.2) is 25.3 Å². The van der Waals surface area contributed by atoms with Crippen LogP contribution in [0, 0.1) is 23.7 Å². The third kappa shape index (κ3) is 2.87. The van der Waals surface area contributed by atoms with Crippen molar-refractivity contribution in [1.29, 1.82) is 0 Å². The molecule has 5 unspecified atom stereocenters. The molecule has 0 saturated heterocycles. The summed E-state index contributed by atoms with van der Waals surface area (Å²) < 4.78 is 11.9. The molecule has 0 aromatic heterocycles. The van der Waals surface area contributed by atoms with E-state index in [-0.39, 0.29) is 5.97 Å². The minimum atomic E-state index is -0.264. The standard InChI is InChI=1S/C27H26O3/c28-27(26-21-8-3-1-6-17(21)14-18-7-2-4-9-22(18)26)30-13-12-29-25-16-19-15-24(25)23-11-5-10-20(19)23/h1-10,14,19-20,23-25H,11-13,15-16H2. The number of hydrogen-bond donors (Lipinski definition) is 0. The zero-order valence-electron chi connectivity index (χ0n) is 17.0. The third-order valence-corrected chi connectivity index (χ3v) is 7.57. The quantitative estimate of drug-likeness (QED) is 0.237. The van der Waals surface area contributed by atoms with E-state index >= 15 is 0 Å². The highest BCUT2D eigenvalue weighted by Crippen LogP contribution is 2.57. The number of fused-ring (bicyclic) bond motifs is 7. The van der Waals surface area contributed by atoms with Crippen molar-refractivity contribution >= 4 is 27.5 Å². The first-order valence-electron chi connectivity index (χ1n) is 11.2. The maximum atomic E-state index is 13.1. The van der Waals surface area contributed by atoms with Crippen molar-refractivity contribution in [3.05, 3.63) is 72.3 Å². The molecule has 2 fully saturated rings. The number of carbonyl (C=O) groups excluding carboxylic acids is 1. The highest BCUT2D eigenvalue weighted by molar-refractivity contribution is 6.16. The lowest BCUT2D eigenvalue weighted by molar-refractivity contribution is -0.0283. The molecule has 3 nitrogen and oxygen atoms in total. The van der Waals surface area contributed by atoms with Gasteiger partial charge in [-0.1, -0.05) is 60.7 Å². The van der Waals surface area contributed by atoms with Gasteiger partial charge >= 0.3 is 5.97 Å². The fourth-order valence-electron chi connectivity index (χ4n) is 6.33. The van der Waals surface area contributed by atoms with Gasteiger partial charge in [0.25, 0.3) is 0 Å². The summed E-state index contributed by atoms with van der Waals surface area (Å²) in [5.74, 6) is 2.81. The molecule has 0 amide bonds. The van der Waals surface area contributed by atoms with Gasteiger partial charge in [-0.15, -0.1) is 0 Å². The van der Waals surface area contributed by atoms with E-state index in [1.807, 2.05) is 48.5 Å². The first-order chi connectivity index (χ1) is 14.8. The summed E-state index contributed by atoms with van der Waals surface area (Å²) in [5, 5.41) is 3.99. The van der Waals surface area contributed by atoms with Gasteiger partial charge in [-0.2, -0.15) is 0 Å². The number of hydrogen-bond acceptors (Lipinski definition) is 3. The van der Waals surface area contributed by atoms with Gasteiger partial charge in [0.1, 0.15) is 6.61 Å². The minimum absolute atomic E-state index is 0.264. The molecule has 5 atom stereocenters. The number of esters is 1. The van der Waals surface area contributed by atoms with Crippen LogP contribution in [-0.2, 0) is 9.47 Å². The van der Waals surface area contributed by atoms with Crippen molar-refractivity contribution in [2.24, 2.45) is 23.7 Å². The van der Waals surface area contributed by atoms with Crippen molar-refractivity contribution < 1.29 is 14.3 Å². The second kappa shape index (κ2) is 7.24. The lowest BCUT2D eigenvalue weighted by atomic mass is 9.80. The molecule has 3 heteroatoms. The monoisotopic (exact) mass is 398 g/mol. The molecular formula is C27H26O3. The van der Waals surface area contributed by atoms with Gasteiger partial charge < -0.3 is 9.47 Å². The van der Waals surface area contributed by atoms with Crippen LogP contribution in [0.15, 0.2) is 66.7 Å². The van der Waals surface area contributed by atoms with Gasteiger partial charge in [0.05, 0.1) is 18.3 Å². The molecule has 0 radical (unpaired) electrons. The van der Waals surface area contributed by atoms with Crippen LogP contribution in [0.3, 0.4) is 0 Å². The van der Waals surface area contributed by atoms with Crippen LogP contribution >= 0.6 is 0 Å². The summed E-state index contributed by atoms with van der Waals surface area (Å²) in [5.41, 5.74) is 0.656. The predicted octanol–water partition coefficient (Wildman–Crippen LogP) is 5.77. The van der Waals surface area contributed by atoms with E-state index in [4.69, 9.17) is 9.47 Å². The Kier molecular flexibility index (Phi) is 4.38. The van der Waals surface area contributed by atoms with E-state index in [1.165, 1.54) is 12.8 Å². The van der Waals surface area contributed by atoms with Crippen molar-refractivity contribution in [1.82, 2.24) is 0 Å². The minimum Gasteiger partial charge on any atom is -0.460 e. The highest BCUT2D eigenvalue weighted by Gasteiger charge is 2.52. The molecule has 2 saturated carbocycles. The maximum absolute atomic E-state index is 13.1. The molecule has 2 bridgehead atoms. The molecule has 3 aromatic carbocycles. The zero-order chi connectivity index (χ0) is 20.1. The average Bonchev–Trinajstić information content (AvgIpc) is 3.48. The van der Waals surface area contributed by atoms with Gasteiger partial charge in [0, 0.05) is 0 Å². The summed E-state index contributed by atoms with van der Waals surface area (Å²) in [7, 11) is 0. The third-order valence-electron chi connectivity index (χ3n) is 7.57. The van der Waals surface area contributed by atoms with Crippen LogP contribution in [0.25, 0.3) is 21.5 Å². The summed E-state index contributed by atoms with van der Waals surface area (Å²) in [6.07, 6.45) is 8.82. The Balaban J connectivity index is 1.14. The number of allylic oxidation sites excluding steroid dienone is 2. The molecule has 0 heterocycles. The first-order valence-corrected chi connectivity index (χ1v) is 11.2. The molecule has 0 spiro atoms. The van der Waals surface area contributed by atoms with Crippen molar-refractivity contribution in [3.63, 3.8) is 0 Å². The van der Waals surface area contributed by atoms with Crippen LogP contribution in [0.1, 0.15) is 29.6 Å². The van der Waals surface area contributed by atoms with Gasteiger partial charge in [-0.25, -0.2) is 4.79 Å². The van der Waals surface area contributed by atoms with Crippen LogP contribution < -0.4 is 0 Å². The van der Waals surface area contributed by atoms with E-state index in [0.29, 0.717) is 30.8 Å². The van der Waals surface area contributed by atoms with Gasteiger partial charge in [0.15, 0.2) is 0 Å². The van der Waals surface area contributed by atoms with Crippen molar-refractivity contribution in [3.8, 4) is 0 Å². The van der Waals surface area contributed by atoms with Gasteiger partial charge in [-0.05, 0) is 70.5 Å². The van der Waals surface area contributed by atoms with Gasteiger partial charge in [0.2, 0.25) is 0 Å². The van der Waals surface area contributed by atoms with Gasteiger partial charge in [-0.3, -0.25) is 0 Å². The Labute approximate surface area is 176 Å². The number of benzene rings is 3. The summed E-state index contributed by atoms with van der Waals surface area (Å²) in [6, 6.07) is 18.1. The largest absolute Gasteiger partial charge is 0.460 e. The smallest absolute Gasteiger partial charge is 0.339 e. The Morgan fingerprint density at radius 1 is 0.900 bits per heavy atom. The second-order valence-corrected chi connectivity index (χ2v) is 9.04. The van der Waals surface area contributed by atoms with Crippen molar-refractivity contribution in [2.75, 3.05) is 13.2 Å². The Morgan fingerprint density at radius 2 is 1.63 bits per heavy atom. The zero-order valence-corrected chi connectivity index (χ0v) is 17.0. The lowest BCUT2D eigenvalue weighted by Crippen LogP contribution is -2.31. The number of carbonyl (C=O) groups is 1. The van der Waals surface area contributed by atoms with Crippen LogP contribution in [0.4, 0.5) is 0 Å². The average molecular weight is 399 g/mol. The summed E-state index contributed by atoms with van der Waals surface area (Å²) in [4.78, 5) is 13.1. The summed E-state index contributed by atoms with van der Waals surface area (Å²) in [6.45, 7) is 0.782. The Bertz CT molecular complexity index is 1090. The van der Waals surface area contributed by atoms with Crippen molar-refractivity contribution in [2.45, 2.75) is 25.4 Å². The number of rotatable bonds is 5. The molecule has 3 aliphatic rings. The maximum Gasteiger partial charge on any atom is 0.339 e. The lowest BCUT2D eigenvalue weighted by Gasteiger charge is -2.31. The fourth-order valence-corrected chi connectivity index (χ4v) is 6.33. The van der Waals surface area contributed by atoms with E-state index in [9.17, 15) is 4.79 Å².